The van der Waals surface area contributed by atoms with Crippen molar-refractivity contribution in [1.82, 2.24) is 5.32 Å². The molecule has 1 aliphatic carbocycles. The highest BCUT2D eigenvalue weighted by molar-refractivity contribution is 5.38. The van der Waals surface area contributed by atoms with E-state index in [1.54, 1.807) is 0 Å². The number of nitrogens with one attached hydrogen (secondary N) is 1. The lowest BCUT2D eigenvalue weighted by Crippen LogP contribution is -2.40. The molecule has 0 amide bonds. The molecule has 0 aromatic heterocycles. The Morgan fingerprint density at radius 1 is 1.26 bits per heavy atom. The molecular formula is C18H29N. The Kier molecular flexibility index (Phi) is 4.35. The van der Waals surface area contributed by atoms with Crippen molar-refractivity contribution in [3.05, 3.63) is 35.4 Å². The molecule has 1 nitrogen and oxygen atoms in total. The Morgan fingerprint density at radius 3 is 2.58 bits per heavy atom. The third-order valence-electron chi connectivity index (χ3n) is 4.78. The molecule has 1 aliphatic rings. The van der Waals surface area contributed by atoms with Gasteiger partial charge in [0.15, 0.2) is 0 Å². The van der Waals surface area contributed by atoms with Gasteiger partial charge in [0.2, 0.25) is 0 Å². The first-order valence-electron chi connectivity index (χ1n) is 7.81. The molecular weight excluding hydrogens is 230 g/mol. The summed E-state index contributed by atoms with van der Waals surface area (Å²) in [5, 5.41) is 3.90. The van der Waals surface area contributed by atoms with Crippen LogP contribution in [0.3, 0.4) is 0 Å². The first-order valence-corrected chi connectivity index (χ1v) is 7.81. The summed E-state index contributed by atoms with van der Waals surface area (Å²) >= 11 is 0. The van der Waals surface area contributed by atoms with Crippen molar-refractivity contribution in [1.29, 1.82) is 0 Å². The van der Waals surface area contributed by atoms with Crippen LogP contribution in [-0.2, 0) is 5.41 Å². The van der Waals surface area contributed by atoms with Gasteiger partial charge in [-0.05, 0) is 41.7 Å². The Balaban J connectivity index is 2.25. The molecule has 2 atom stereocenters. The molecule has 1 heteroatoms. The summed E-state index contributed by atoms with van der Waals surface area (Å²) in [6.45, 7) is 11.7. The second-order valence-electron chi connectivity index (χ2n) is 6.99. The number of fused-ring (bicyclic) bond motifs is 1. The lowest BCUT2D eigenvalue weighted by atomic mass is 9.71. The average Bonchev–Trinajstić information content (AvgIpc) is 2.38. The Hall–Kier alpha value is -0.820. The van der Waals surface area contributed by atoms with Gasteiger partial charge in [-0.1, -0.05) is 58.9 Å². The monoisotopic (exact) mass is 259 g/mol. The van der Waals surface area contributed by atoms with Gasteiger partial charge in [-0.15, -0.1) is 0 Å². The molecule has 2 rings (SSSR count). The first kappa shape index (κ1) is 14.6. The van der Waals surface area contributed by atoms with Crippen molar-refractivity contribution >= 4 is 0 Å². The third-order valence-corrected chi connectivity index (χ3v) is 4.78. The second kappa shape index (κ2) is 5.66. The van der Waals surface area contributed by atoms with Gasteiger partial charge in [0, 0.05) is 12.1 Å². The minimum atomic E-state index is 0.328. The van der Waals surface area contributed by atoms with E-state index in [0.717, 1.165) is 0 Å². The van der Waals surface area contributed by atoms with Crippen LogP contribution in [0.4, 0.5) is 0 Å². The van der Waals surface area contributed by atoms with Gasteiger partial charge in [0.05, 0.1) is 0 Å². The SMILES string of the molecule is CCC(NC1CCC(C)(C)c2ccccc21)C(C)C. The lowest BCUT2D eigenvalue weighted by molar-refractivity contribution is 0.295. The van der Waals surface area contributed by atoms with Crippen LogP contribution in [0.15, 0.2) is 24.3 Å². The normalized spacial score (nSPS) is 23.2. The maximum atomic E-state index is 3.90. The summed E-state index contributed by atoms with van der Waals surface area (Å²) in [6, 6.07) is 10.2. The molecule has 1 aromatic rings. The molecule has 19 heavy (non-hydrogen) atoms. The predicted molar refractivity (Wildman–Crippen MR) is 83.5 cm³/mol. The maximum Gasteiger partial charge on any atom is 0.0326 e. The summed E-state index contributed by atoms with van der Waals surface area (Å²) in [7, 11) is 0. The first-order chi connectivity index (χ1) is 8.95. The summed E-state index contributed by atoms with van der Waals surface area (Å²) in [6.07, 6.45) is 3.74. The van der Waals surface area contributed by atoms with Crippen LogP contribution in [0.1, 0.15) is 71.0 Å². The fraction of sp³-hybridized carbons (Fsp3) is 0.667. The van der Waals surface area contributed by atoms with Crippen molar-refractivity contribution in [3.63, 3.8) is 0 Å². The minimum Gasteiger partial charge on any atom is -0.307 e. The van der Waals surface area contributed by atoms with E-state index in [1.165, 1.54) is 30.4 Å². The summed E-state index contributed by atoms with van der Waals surface area (Å²) < 4.78 is 0. The highest BCUT2D eigenvalue weighted by atomic mass is 15.0. The topological polar surface area (TPSA) is 12.0 Å². The molecule has 0 saturated carbocycles. The predicted octanol–water partition coefficient (Wildman–Crippen LogP) is 4.82. The standard InChI is InChI=1S/C18H29N/c1-6-16(13(2)3)19-17-11-12-18(4,5)15-10-8-7-9-14(15)17/h7-10,13,16-17,19H,6,11-12H2,1-5H3. The smallest absolute Gasteiger partial charge is 0.0326 e. The average molecular weight is 259 g/mol. The molecule has 0 saturated heterocycles. The quantitative estimate of drug-likeness (QED) is 0.817. The van der Waals surface area contributed by atoms with Crippen molar-refractivity contribution in [2.75, 3.05) is 0 Å². The zero-order chi connectivity index (χ0) is 14.0. The van der Waals surface area contributed by atoms with E-state index in [4.69, 9.17) is 0 Å². The fourth-order valence-corrected chi connectivity index (χ4v) is 3.43. The fourth-order valence-electron chi connectivity index (χ4n) is 3.43. The van der Waals surface area contributed by atoms with Crippen LogP contribution in [0.2, 0.25) is 0 Å². The Morgan fingerprint density at radius 2 is 1.95 bits per heavy atom. The molecule has 0 radical (unpaired) electrons. The summed E-state index contributed by atoms with van der Waals surface area (Å²) in [5.41, 5.74) is 3.39. The zero-order valence-corrected chi connectivity index (χ0v) is 13.2. The number of benzene rings is 1. The molecule has 1 N–H and O–H groups in total. The highest BCUT2D eigenvalue weighted by Crippen LogP contribution is 2.41. The second-order valence-corrected chi connectivity index (χ2v) is 6.99. The van der Waals surface area contributed by atoms with E-state index >= 15 is 0 Å². The van der Waals surface area contributed by atoms with Crippen molar-refractivity contribution < 1.29 is 0 Å². The van der Waals surface area contributed by atoms with E-state index in [0.29, 0.717) is 23.4 Å². The molecule has 1 aromatic carbocycles. The van der Waals surface area contributed by atoms with E-state index in [1.807, 2.05) is 0 Å². The van der Waals surface area contributed by atoms with E-state index in [-0.39, 0.29) is 0 Å². The number of rotatable bonds is 4. The van der Waals surface area contributed by atoms with Gasteiger partial charge in [-0.25, -0.2) is 0 Å². The van der Waals surface area contributed by atoms with Crippen LogP contribution < -0.4 is 5.32 Å². The van der Waals surface area contributed by atoms with Gasteiger partial charge >= 0.3 is 0 Å². The van der Waals surface area contributed by atoms with E-state index in [9.17, 15) is 0 Å². The third kappa shape index (κ3) is 3.02. The maximum absolute atomic E-state index is 3.90. The number of hydrogen-bond acceptors (Lipinski definition) is 1. The van der Waals surface area contributed by atoms with Crippen LogP contribution >= 0.6 is 0 Å². The molecule has 2 unspecified atom stereocenters. The molecule has 0 spiro atoms. The highest BCUT2D eigenvalue weighted by Gasteiger charge is 2.33. The van der Waals surface area contributed by atoms with Crippen molar-refractivity contribution in [2.24, 2.45) is 5.92 Å². The van der Waals surface area contributed by atoms with Gasteiger partial charge in [0.1, 0.15) is 0 Å². The molecule has 106 valence electrons. The minimum absolute atomic E-state index is 0.328. The largest absolute Gasteiger partial charge is 0.307 e. The van der Waals surface area contributed by atoms with Crippen molar-refractivity contribution in [2.45, 2.75) is 71.4 Å². The van der Waals surface area contributed by atoms with Gasteiger partial charge in [0.25, 0.3) is 0 Å². The Labute approximate surface area is 118 Å². The summed E-state index contributed by atoms with van der Waals surface area (Å²) in [5.74, 6) is 0.701. The molecule has 0 fully saturated rings. The lowest BCUT2D eigenvalue weighted by Gasteiger charge is -2.39. The zero-order valence-electron chi connectivity index (χ0n) is 13.2. The van der Waals surface area contributed by atoms with E-state index in [2.05, 4.69) is 64.2 Å². The van der Waals surface area contributed by atoms with Crippen molar-refractivity contribution in [3.8, 4) is 0 Å². The van der Waals surface area contributed by atoms with Gasteiger partial charge in [-0.2, -0.15) is 0 Å². The van der Waals surface area contributed by atoms with E-state index < -0.39 is 0 Å². The van der Waals surface area contributed by atoms with Crippen LogP contribution in [-0.4, -0.2) is 6.04 Å². The molecule has 0 aliphatic heterocycles. The van der Waals surface area contributed by atoms with Gasteiger partial charge < -0.3 is 5.32 Å². The molecule has 0 bridgehead atoms. The van der Waals surface area contributed by atoms with Crippen LogP contribution in [0.5, 0.6) is 0 Å². The Bertz CT molecular complexity index is 419. The van der Waals surface area contributed by atoms with Gasteiger partial charge in [-0.3, -0.25) is 0 Å². The number of hydrogen-bond donors (Lipinski definition) is 1. The summed E-state index contributed by atoms with van der Waals surface area (Å²) in [4.78, 5) is 0. The molecule has 0 heterocycles. The van der Waals surface area contributed by atoms with Crippen LogP contribution in [0, 0.1) is 5.92 Å². The van der Waals surface area contributed by atoms with Crippen LogP contribution in [0.25, 0.3) is 0 Å².